The van der Waals surface area contributed by atoms with Crippen LogP contribution < -0.4 is 15.8 Å². The molecule has 0 fully saturated rings. The number of ether oxygens (including phenoxy) is 1. The summed E-state index contributed by atoms with van der Waals surface area (Å²) < 4.78 is 23.0. The van der Waals surface area contributed by atoms with Crippen molar-refractivity contribution >= 4 is 29.0 Å². The van der Waals surface area contributed by atoms with E-state index in [1.807, 2.05) is 12.1 Å². The molecule has 0 spiro atoms. The van der Waals surface area contributed by atoms with E-state index in [-0.39, 0.29) is 24.2 Å². The van der Waals surface area contributed by atoms with Gasteiger partial charge in [0, 0.05) is 17.9 Å². The second-order valence-electron chi connectivity index (χ2n) is 6.41. The van der Waals surface area contributed by atoms with Crippen molar-refractivity contribution in [2.45, 2.75) is 12.3 Å². The molecule has 1 aromatic heterocycles. The van der Waals surface area contributed by atoms with E-state index in [4.69, 9.17) is 10.5 Å². The summed E-state index contributed by atoms with van der Waals surface area (Å²) in [6.45, 7) is -0.189. The fraction of sp³-hybridized carbons (Fsp3) is 0.150. The first-order valence-electron chi connectivity index (χ1n) is 8.57. The van der Waals surface area contributed by atoms with Crippen LogP contribution in [0.25, 0.3) is 11.3 Å². The summed E-state index contributed by atoms with van der Waals surface area (Å²) in [6, 6.07) is 13.2. The minimum Gasteiger partial charge on any atom is -0.484 e. The first-order chi connectivity index (χ1) is 13.5. The Balaban J connectivity index is 1.65. The molecule has 4 rings (SSSR count). The number of carbonyl (C=O) groups is 2. The molecule has 0 unspecified atom stereocenters. The molecule has 0 aliphatic carbocycles. The number of aromatic nitrogens is 1. The van der Waals surface area contributed by atoms with Crippen LogP contribution >= 0.6 is 11.5 Å². The summed E-state index contributed by atoms with van der Waals surface area (Å²) in [5.41, 5.74) is 8.08. The van der Waals surface area contributed by atoms with Crippen LogP contribution in [0.1, 0.15) is 22.8 Å². The maximum absolute atomic E-state index is 13.2. The molecule has 2 amide bonds. The number of anilines is 1. The lowest BCUT2D eigenvalue weighted by Gasteiger charge is -2.23. The van der Waals surface area contributed by atoms with E-state index >= 15 is 0 Å². The fourth-order valence-electron chi connectivity index (χ4n) is 3.15. The number of hydrogen-bond donors (Lipinski definition) is 2. The molecule has 0 saturated carbocycles. The third-order valence-corrected chi connectivity index (χ3v) is 5.43. The first-order valence-corrected chi connectivity index (χ1v) is 9.35. The Kier molecular flexibility index (Phi) is 4.79. The third kappa shape index (κ3) is 3.59. The van der Waals surface area contributed by atoms with Crippen LogP contribution in [0.15, 0.2) is 48.5 Å². The molecule has 28 heavy (non-hydrogen) atoms. The molecule has 0 bridgehead atoms. The zero-order chi connectivity index (χ0) is 19.7. The van der Waals surface area contributed by atoms with E-state index in [1.54, 1.807) is 24.3 Å². The highest BCUT2D eigenvalue weighted by Gasteiger charge is 2.31. The number of amides is 2. The van der Waals surface area contributed by atoms with Crippen LogP contribution in [0.4, 0.5) is 10.1 Å². The van der Waals surface area contributed by atoms with Crippen molar-refractivity contribution in [1.29, 1.82) is 0 Å². The Labute approximate surface area is 164 Å². The predicted octanol–water partition coefficient (Wildman–Crippen LogP) is 3.29. The molecule has 6 nitrogen and oxygen atoms in total. The lowest BCUT2D eigenvalue weighted by molar-refractivity contribution is -0.120. The molecule has 0 saturated heterocycles. The smallest absolute Gasteiger partial charge is 0.255 e. The van der Waals surface area contributed by atoms with Gasteiger partial charge in [0.1, 0.15) is 17.3 Å². The van der Waals surface area contributed by atoms with E-state index in [0.717, 1.165) is 16.0 Å². The summed E-state index contributed by atoms with van der Waals surface area (Å²) in [5, 5.41) is 2.90. The molecule has 8 heteroatoms. The molecule has 142 valence electrons. The highest BCUT2D eigenvalue weighted by Crippen LogP contribution is 2.44. The van der Waals surface area contributed by atoms with Crippen LogP contribution in [-0.2, 0) is 9.59 Å². The summed E-state index contributed by atoms with van der Waals surface area (Å²) in [5.74, 6) is -0.584. The summed E-state index contributed by atoms with van der Waals surface area (Å²) in [4.78, 5) is 24.1. The van der Waals surface area contributed by atoms with Crippen molar-refractivity contribution in [3.63, 3.8) is 0 Å². The van der Waals surface area contributed by atoms with Gasteiger partial charge in [-0.05, 0) is 53.5 Å². The normalized spacial score (nSPS) is 15.6. The van der Waals surface area contributed by atoms with Crippen LogP contribution in [0.3, 0.4) is 0 Å². The number of nitrogens with zero attached hydrogens (tertiary/aromatic N) is 1. The molecule has 1 aliphatic heterocycles. The van der Waals surface area contributed by atoms with E-state index in [1.165, 1.54) is 23.7 Å². The van der Waals surface area contributed by atoms with Crippen molar-refractivity contribution < 1.29 is 18.7 Å². The average molecular weight is 397 g/mol. The lowest BCUT2D eigenvalue weighted by Crippen LogP contribution is -2.22. The molecular weight excluding hydrogens is 381 g/mol. The molecule has 2 heterocycles. The zero-order valence-corrected chi connectivity index (χ0v) is 15.5. The molecule has 3 N–H and O–H groups in total. The van der Waals surface area contributed by atoms with Crippen molar-refractivity contribution in [3.05, 3.63) is 64.8 Å². The Morgan fingerprint density at radius 1 is 1.21 bits per heavy atom. The van der Waals surface area contributed by atoms with Crippen LogP contribution in [0.5, 0.6) is 5.75 Å². The SMILES string of the molecule is NC(=O)COc1ccc([C@@H]2CC(=O)Nc3c(-c4ccc(F)cc4)nsc32)cc1. The Bertz CT molecular complexity index is 1030. The van der Waals surface area contributed by atoms with E-state index in [0.29, 0.717) is 23.6 Å². The van der Waals surface area contributed by atoms with Gasteiger partial charge in [-0.2, -0.15) is 4.37 Å². The number of rotatable bonds is 5. The standard InChI is InChI=1S/C20H16FN3O3S/c21-13-5-1-12(2-6-13)18-19-20(28-24-18)15(9-17(26)23-19)11-3-7-14(8-4-11)27-10-16(22)25/h1-8,15H,9-10H2,(H2,22,25)(H,23,26)/t15-/m0/s1. The predicted molar refractivity (Wildman–Crippen MR) is 104 cm³/mol. The number of benzene rings is 2. The van der Waals surface area contributed by atoms with E-state index in [2.05, 4.69) is 9.69 Å². The molecule has 2 aromatic carbocycles. The number of hydrogen-bond acceptors (Lipinski definition) is 5. The maximum Gasteiger partial charge on any atom is 0.255 e. The highest BCUT2D eigenvalue weighted by molar-refractivity contribution is 7.07. The van der Waals surface area contributed by atoms with E-state index in [9.17, 15) is 14.0 Å². The van der Waals surface area contributed by atoms with Gasteiger partial charge in [-0.1, -0.05) is 12.1 Å². The molecule has 1 aliphatic rings. The molecule has 0 radical (unpaired) electrons. The third-order valence-electron chi connectivity index (χ3n) is 4.47. The fourth-order valence-corrected chi connectivity index (χ4v) is 4.13. The molecular formula is C20H16FN3O3S. The number of primary amides is 1. The van der Waals surface area contributed by atoms with E-state index < -0.39 is 5.91 Å². The molecule has 1 atom stereocenters. The van der Waals surface area contributed by atoms with Gasteiger partial charge < -0.3 is 15.8 Å². The van der Waals surface area contributed by atoms with Gasteiger partial charge in [0.25, 0.3) is 5.91 Å². The quantitative estimate of drug-likeness (QED) is 0.691. The highest BCUT2D eigenvalue weighted by atomic mass is 32.1. The van der Waals surface area contributed by atoms with Gasteiger partial charge in [-0.25, -0.2) is 4.39 Å². The van der Waals surface area contributed by atoms with Crippen LogP contribution in [-0.4, -0.2) is 22.8 Å². The van der Waals surface area contributed by atoms with Crippen molar-refractivity contribution in [1.82, 2.24) is 4.37 Å². The summed E-state index contributed by atoms with van der Waals surface area (Å²) in [7, 11) is 0. The van der Waals surface area contributed by atoms with Gasteiger partial charge in [0.05, 0.1) is 10.6 Å². The zero-order valence-electron chi connectivity index (χ0n) is 14.6. The van der Waals surface area contributed by atoms with Gasteiger partial charge >= 0.3 is 0 Å². The monoisotopic (exact) mass is 397 g/mol. The Hall–Kier alpha value is -3.26. The van der Waals surface area contributed by atoms with Crippen LogP contribution in [0.2, 0.25) is 0 Å². The number of nitrogens with two attached hydrogens (primary N) is 1. The minimum absolute atomic E-state index is 0.102. The van der Waals surface area contributed by atoms with Crippen molar-refractivity contribution in [2.24, 2.45) is 5.73 Å². The van der Waals surface area contributed by atoms with Gasteiger partial charge in [-0.3, -0.25) is 9.59 Å². The number of halogens is 1. The van der Waals surface area contributed by atoms with Gasteiger partial charge in [-0.15, -0.1) is 0 Å². The molecule has 3 aromatic rings. The Morgan fingerprint density at radius 3 is 2.61 bits per heavy atom. The van der Waals surface area contributed by atoms with Crippen molar-refractivity contribution in [2.75, 3.05) is 11.9 Å². The largest absolute Gasteiger partial charge is 0.484 e. The second-order valence-corrected chi connectivity index (χ2v) is 7.21. The summed E-state index contributed by atoms with van der Waals surface area (Å²) in [6.07, 6.45) is 0.305. The maximum atomic E-state index is 13.2. The number of carbonyl (C=O) groups excluding carboxylic acids is 2. The number of nitrogens with one attached hydrogen (secondary N) is 1. The first kappa shape index (κ1) is 18.1. The topological polar surface area (TPSA) is 94.3 Å². The van der Waals surface area contributed by atoms with Crippen molar-refractivity contribution in [3.8, 4) is 17.0 Å². The summed E-state index contributed by atoms with van der Waals surface area (Å²) >= 11 is 1.32. The van der Waals surface area contributed by atoms with Crippen LogP contribution in [0, 0.1) is 5.82 Å². The number of fused-ring (bicyclic) bond motifs is 1. The second kappa shape index (κ2) is 7.40. The average Bonchev–Trinajstić information content (AvgIpc) is 3.10. The minimum atomic E-state index is -0.546. The van der Waals surface area contributed by atoms with Gasteiger partial charge in [0.2, 0.25) is 5.91 Å². The Morgan fingerprint density at radius 2 is 1.93 bits per heavy atom. The van der Waals surface area contributed by atoms with Gasteiger partial charge in [0.15, 0.2) is 6.61 Å². The lowest BCUT2D eigenvalue weighted by atomic mass is 9.89.